The van der Waals surface area contributed by atoms with Gasteiger partial charge >= 0.3 is 0 Å². The van der Waals surface area contributed by atoms with E-state index >= 15 is 0 Å². The highest BCUT2D eigenvalue weighted by atomic mass is 32.2. The average molecular weight is 181 g/mol. The maximum absolute atomic E-state index is 10.6. The molecule has 0 saturated heterocycles. The molecule has 12 heavy (non-hydrogen) atoms. The first kappa shape index (κ1) is 9.62. The van der Waals surface area contributed by atoms with E-state index < -0.39 is 0 Å². The Morgan fingerprint density at radius 1 is 1.33 bits per heavy atom. The normalized spacial score (nSPS) is 10.2. The molecule has 0 aromatic heterocycles. The summed E-state index contributed by atoms with van der Waals surface area (Å²) in [5, 5.41) is 0. The van der Waals surface area contributed by atoms with Crippen LogP contribution in [0.1, 0.15) is 25.3 Å². The third kappa shape index (κ3) is 2.54. The molecule has 0 fully saturated rings. The van der Waals surface area contributed by atoms with Gasteiger partial charge in [0.05, 0.1) is 12.0 Å². The average Bonchev–Trinajstić information content (AvgIpc) is 2.15. The van der Waals surface area contributed by atoms with Gasteiger partial charge < -0.3 is 0 Å². The van der Waals surface area contributed by atoms with Crippen molar-refractivity contribution in [3.05, 3.63) is 29.8 Å². The number of hydrogen-bond acceptors (Lipinski definition) is 1. The minimum absolute atomic E-state index is 0.596. The number of rotatable bonds is 4. The first-order chi connectivity index (χ1) is 5.88. The second-order valence-electron chi connectivity index (χ2n) is 2.79. The van der Waals surface area contributed by atoms with Gasteiger partial charge in [-0.05, 0) is 24.5 Å². The van der Waals surface area contributed by atoms with E-state index in [4.69, 9.17) is 0 Å². The van der Waals surface area contributed by atoms with E-state index in [1.807, 2.05) is 24.3 Å². The van der Waals surface area contributed by atoms with Crippen molar-refractivity contribution < 1.29 is 4.55 Å². The first-order valence-corrected chi connectivity index (χ1v) is 5.00. The molecule has 1 nitrogen and oxygen atoms in total. The van der Waals surface area contributed by atoms with Crippen molar-refractivity contribution in [3.63, 3.8) is 0 Å². The van der Waals surface area contributed by atoms with E-state index in [9.17, 15) is 4.55 Å². The van der Waals surface area contributed by atoms with Crippen LogP contribution in [0, 0.1) is 0 Å². The Bertz CT molecular complexity index is 235. The van der Waals surface area contributed by atoms with E-state index in [2.05, 4.69) is 6.92 Å². The largest absolute Gasteiger partial charge is 0.145 e. The Balaban J connectivity index is 2.68. The third-order valence-corrected chi connectivity index (χ3v) is 2.44. The lowest BCUT2D eigenvalue weighted by Crippen LogP contribution is -1.86. The minimum atomic E-state index is 0.596. The van der Waals surface area contributed by atoms with Crippen LogP contribution in [-0.4, -0.2) is 0 Å². The van der Waals surface area contributed by atoms with Crippen LogP contribution in [0.3, 0.4) is 0 Å². The second kappa shape index (κ2) is 5.22. The molecule has 1 rings (SSSR count). The molecule has 0 N–H and O–H groups in total. The lowest BCUT2D eigenvalue weighted by atomic mass is 10.1. The van der Waals surface area contributed by atoms with Crippen molar-refractivity contribution in [3.8, 4) is 0 Å². The highest BCUT2D eigenvalue weighted by molar-refractivity contribution is 7.93. The van der Waals surface area contributed by atoms with Gasteiger partial charge in [0, 0.05) is 4.90 Å². The highest BCUT2D eigenvalue weighted by Gasteiger charge is 2.00. The standard InChI is InChI=1S/C10H13OS/c1-2-3-6-9-7-4-5-8-10(9)12-11/h4-5,7-8H,2-3,6H2,1H3. The van der Waals surface area contributed by atoms with E-state index in [1.54, 1.807) is 0 Å². The summed E-state index contributed by atoms with van der Waals surface area (Å²) >= 11 is 0.596. The van der Waals surface area contributed by atoms with Crippen LogP contribution in [0.25, 0.3) is 0 Å². The molecule has 1 aromatic rings. The molecule has 1 aromatic carbocycles. The molecular weight excluding hydrogens is 168 g/mol. The molecule has 0 spiro atoms. The Morgan fingerprint density at radius 2 is 2.08 bits per heavy atom. The van der Waals surface area contributed by atoms with Gasteiger partial charge in [-0.2, -0.15) is 0 Å². The Hall–Kier alpha value is -0.470. The molecule has 1 radical (unpaired) electrons. The van der Waals surface area contributed by atoms with Crippen LogP contribution in [0.15, 0.2) is 29.2 Å². The third-order valence-electron chi connectivity index (χ3n) is 1.86. The predicted molar refractivity (Wildman–Crippen MR) is 51.6 cm³/mol. The molecule has 0 amide bonds. The van der Waals surface area contributed by atoms with Crippen LogP contribution in [0.5, 0.6) is 0 Å². The predicted octanol–water partition coefficient (Wildman–Crippen LogP) is 3.47. The maximum atomic E-state index is 10.6. The van der Waals surface area contributed by atoms with Gasteiger partial charge in [0.25, 0.3) is 0 Å². The Kier molecular flexibility index (Phi) is 4.19. The summed E-state index contributed by atoms with van der Waals surface area (Å²) in [6.07, 6.45) is 3.37. The summed E-state index contributed by atoms with van der Waals surface area (Å²) in [5.74, 6) is 0. The minimum Gasteiger partial charge on any atom is -0.145 e. The van der Waals surface area contributed by atoms with Crippen LogP contribution >= 0.6 is 12.0 Å². The van der Waals surface area contributed by atoms with E-state index in [0.717, 1.165) is 17.7 Å². The fourth-order valence-electron chi connectivity index (χ4n) is 1.16. The molecule has 0 aliphatic rings. The van der Waals surface area contributed by atoms with Crippen molar-refractivity contribution in [2.24, 2.45) is 0 Å². The van der Waals surface area contributed by atoms with Crippen molar-refractivity contribution in [1.29, 1.82) is 0 Å². The van der Waals surface area contributed by atoms with E-state index in [-0.39, 0.29) is 0 Å². The van der Waals surface area contributed by atoms with Gasteiger partial charge in [0.15, 0.2) is 0 Å². The zero-order valence-electron chi connectivity index (χ0n) is 7.25. The first-order valence-electron chi connectivity index (χ1n) is 4.26. The molecule has 0 atom stereocenters. The second-order valence-corrected chi connectivity index (χ2v) is 3.40. The fourth-order valence-corrected chi connectivity index (χ4v) is 1.57. The zero-order chi connectivity index (χ0) is 8.81. The van der Waals surface area contributed by atoms with Crippen LogP contribution in [-0.2, 0) is 11.0 Å². The summed E-state index contributed by atoms with van der Waals surface area (Å²) in [6, 6.07) is 7.83. The summed E-state index contributed by atoms with van der Waals surface area (Å²) in [5.41, 5.74) is 1.19. The lowest BCUT2D eigenvalue weighted by molar-refractivity contribution is 0.530. The number of hydrogen-bond donors (Lipinski definition) is 0. The molecule has 0 saturated carbocycles. The molecule has 0 unspecified atom stereocenters. The van der Waals surface area contributed by atoms with Crippen molar-refractivity contribution in [1.82, 2.24) is 0 Å². The van der Waals surface area contributed by atoms with Gasteiger partial charge in [-0.25, -0.2) is 0 Å². The van der Waals surface area contributed by atoms with Crippen molar-refractivity contribution >= 4 is 12.0 Å². The number of benzene rings is 1. The Labute approximate surface area is 78.0 Å². The SMILES string of the molecule is CCCCc1ccccc1S[O]. The van der Waals surface area contributed by atoms with Crippen molar-refractivity contribution in [2.45, 2.75) is 31.1 Å². The quantitative estimate of drug-likeness (QED) is 0.651. The maximum Gasteiger partial charge on any atom is 0.0698 e. The molecule has 0 aliphatic carbocycles. The number of aryl methyl sites for hydroxylation is 1. The number of unbranched alkanes of at least 4 members (excludes halogenated alkanes) is 1. The van der Waals surface area contributed by atoms with Gasteiger partial charge in [0.1, 0.15) is 0 Å². The summed E-state index contributed by atoms with van der Waals surface area (Å²) in [6.45, 7) is 2.16. The Morgan fingerprint density at radius 3 is 2.75 bits per heavy atom. The summed E-state index contributed by atoms with van der Waals surface area (Å²) < 4.78 is 10.6. The molecule has 65 valence electrons. The van der Waals surface area contributed by atoms with E-state index in [0.29, 0.717) is 12.0 Å². The molecule has 0 bridgehead atoms. The molecule has 0 heterocycles. The van der Waals surface area contributed by atoms with Crippen LogP contribution in [0.4, 0.5) is 0 Å². The fraction of sp³-hybridized carbons (Fsp3) is 0.400. The van der Waals surface area contributed by atoms with Gasteiger partial charge in [-0.3, -0.25) is 0 Å². The van der Waals surface area contributed by atoms with Crippen molar-refractivity contribution in [2.75, 3.05) is 0 Å². The monoisotopic (exact) mass is 181 g/mol. The summed E-state index contributed by atoms with van der Waals surface area (Å²) in [4.78, 5) is 0.881. The van der Waals surface area contributed by atoms with E-state index in [1.165, 1.54) is 12.0 Å². The van der Waals surface area contributed by atoms with Gasteiger partial charge in [-0.1, -0.05) is 31.5 Å². The molecule has 0 aliphatic heterocycles. The smallest absolute Gasteiger partial charge is 0.0698 e. The highest BCUT2D eigenvalue weighted by Crippen LogP contribution is 2.21. The molecule has 2 heteroatoms. The summed E-state index contributed by atoms with van der Waals surface area (Å²) in [7, 11) is 0. The molecular formula is C10H13OS. The van der Waals surface area contributed by atoms with Crippen LogP contribution in [0.2, 0.25) is 0 Å². The topological polar surface area (TPSA) is 19.9 Å². The van der Waals surface area contributed by atoms with Crippen LogP contribution < -0.4 is 0 Å². The van der Waals surface area contributed by atoms with Gasteiger partial charge in [0.2, 0.25) is 0 Å². The lowest BCUT2D eigenvalue weighted by Gasteiger charge is -2.03. The van der Waals surface area contributed by atoms with Gasteiger partial charge in [-0.15, -0.1) is 4.55 Å². The zero-order valence-corrected chi connectivity index (χ0v) is 8.06.